The molecule has 26 heavy (non-hydrogen) atoms. The number of furan rings is 1. The number of anilines is 1. The van der Waals surface area contributed by atoms with Crippen molar-refractivity contribution in [3.8, 4) is 0 Å². The number of amides is 1. The van der Waals surface area contributed by atoms with E-state index in [-0.39, 0.29) is 17.5 Å². The fraction of sp³-hybridized carbons (Fsp3) is 0.333. The molecule has 6 nitrogen and oxygen atoms in total. The van der Waals surface area contributed by atoms with Gasteiger partial charge in [0, 0.05) is 0 Å². The van der Waals surface area contributed by atoms with Gasteiger partial charge in [-0.2, -0.15) is 0 Å². The molecule has 1 saturated heterocycles. The molecule has 4 rings (SSSR count). The van der Waals surface area contributed by atoms with E-state index in [0.717, 1.165) is 37.5 Å². The summed E-state index contributed by atoms with van der Waals surface area (Å²) in [5.74, 6) is -0.391. The maximum atomic E-state index is 14.0. The van der Waals surface area contributed by atoms with E-state index >= 15 is 0 Å². The normalized spacial score (nSPS) is 15.4. The van der Waals surface area contributed by atoms with E-state index in [1.165, 1.54) is 28.6 Å². The van der Waals surface area contributed by atoms with Gasteiger partial charge in [0.05, 0.1) is 37.3 Å². The molecule has 3 aromatic rings. The molecule has 0 aliphatic carbocycles. The van der Waals surface area contributed by atoms with Crippen LogP contribution >= 0.6 is 11.3 Å². The Morgan fingerprint density at radius 2 is 2.12 bits per heavy atom. The highest BCUT2D eigenvalue weighted by molar-refractivity contribution is 7.22. The summed E-state index contributed by atoms with van der Waals surface area (Å²) >= 11 is 1.31. The maximum Gasteiger partial charge on any atom is 0.295 e. The molecule has 0 radical (unpaired) electrons. The Hall–Kier alpha value is -2.29. The average molecular weight is 376 g/mol. The number of nitrogens with one attached hydrogen (secondary N) is 1. The predicted octanol–water partition coefficient (Wildman–Crippen LogP) is 1.59. The van der Waals surface area contributed by atoms with Crippen molar-refractivity contribution in [1.29, 1.82) is 0 Å². The zero-order valence-electron chi connectivity index (χ0n) is 14.1. The van der Waals surface area contributed by atoms with Crippen LogP contribution in [0.5, 0.6) is 0 Å². The molecule has 1 aliphatic heterocycles. The molecule has 136 valence electrons. The van der Waals surface area contributed by atoms with Crippen molar-refractivity contribution in [2.45, 2.75) is 0 Å². The number of aromatic nitrogens is 1. The highest BCUT2D eigenvalue weighted by Crippen LogP contribution is 2.30. The van der Waals surface area contributed by atoms with Crippen molar-refractivity contribution in [3.05, 3.63) is 48.2 Å². The third-order valence-corrected chi connectivity index (χ3v) is 5.50. The molecule has 3 heterocycles. The summed E-state index contributed by atoms with van der Waals surface area (Å²) in [6.45, 7) is 4.54. The van der Waals surface area contributed by atoms with Gasteiger partial charge in [0.15, 0.2) is 10.9 Å². The second kappa shape index (κ2) is 7.53. The first-order valence-electron chi connectivity index (χ1n) is 8.54. The molecule has 0 bridgehead atoms. The number of hydrogen-bond donors (Lipinski definition) is 1. The number of nitrogens with zero attached hydrogens (tertiary/aromatic N) is 2. The molecule has 1 aromatic carbocycles. The van der Waals surface area contributed by atoms with Crippen molar-refractivity contribution in [3.63, 3.8) is 0 Å². The Morgan fingerprint density at radius 3 is 2.85 bits per heavy atom. The van der Waals surface area contributed by atoms with E-state index in [2.05, 4.69) is 4.98 Å². The van der Waals surface area contributed by atoms with E-state index in [9.17, 15) is 9.18 Å². The van der Waals surface area contributed by atoms with Crippen LogP contribution in [0.15, 0.2) is 41.0 Å². The lowest BCUT2D eigenvalue weighted by Crippen LogP contribution is -3.14. The highest BCUT2D eigenvalue weighted by Gasteiger charge is 2.26. The van der Waals surface area contributed by atoms with Gasteiger partial charge in [0.1, 0.15) is 24.4 Å². The minimum Gasteiger partial charge on any atom is -0.459 e. The van der Waals surface area contributed by atoms with Crippen LogP contribution in [0.2, 0.25) is 0 Å². The summed E-state index contributed by atoms with van der Waals surface area (Å²) in [6.07, 6.45) is 1.47. The Labute approximate surface area is 153 Å². The number of carbonyl (C=O) groups excluding carboxylic acids is 1. The van der Waals surface area contributed by atoms with Crippen LogP contribution in [0.1, 0.15) is 10.6 Å². The van der Waals surface area contributed by atoms with Gasteiger partial charge in [-0.3, -0.25) is 9.69 Å². The monoisotopic (exact) mass is 376 g/mol. The van der Waals surface area contributed by atoms with Gasteiger partial charge in [-0.05, 0) is 24.3 Å². The zero-order chi connectivity index (χ0) is 17.9. The van der Waals surface area contributed by atoms with Crippen molar-refractivity contribution in [2.24, 2.45) is 0 Å². The number of fused-ring (bicyclic) bond motifs is 1. The first-order chi connectivity index (χ1) is 12.7. The summed E-state index contributed by atoms with van der Waals surface area (Å²) in [5.41, 5.74) is 0.295. The summed E-state index contributed by atoms with van der Waals surface area (Å²) in [6, 6.07) is 8.14. The lowest BCUT2D eigenvalue weighted by molar-refractivity contribution is -0.906. The van der Waals surface area contributed by atoms with Gasteiger partial charge in [-0.1, -0.05) is 17.4 Å². The lowest BCUT2D eigenvalue weighted by Gasteiger charge is -2.26. The van der Waals surface area contributed by atoms with Gasteiger partial charge in [-0.25, -0.2) is 9.37 Å². The second-order valence-corrected chi connectivity index (χ2v) is 7.14. The van der Waals surface area contributed by atoms with Gasteiger partial charge >= 0.3 is 0 Å². The minimum atomic E-state index is -0.380. The molecule has 1 N–H and O–H groups in total. The summed E-state index contributed by atoms with van der Waals surface area (Å²) in [5, 5.41) is 0.485. The van der Waals surface area contributed by atoms with E-state index in [1.54, 1.807) is 23.1 Å². The Balaban J connectivity index is 1.62. The number of rotatable bonds is 5. The molecule has 0 unspecified atom stereocenters. The van der Waals surface area contributed by atoms with E-state index in [0.29, 0.717) is 17.2 Å². The minimum absolute atomic E-state index is 0.252. The number of thiazole rings is 1. The van der Waals surface area contributed by atoms with Crippen LogP contribution in [-0.2, 0) is 4.74 Å². The fourth-order valence-corrected chi connectivity index (χ4v) is 4.02. The van der Waals surface area contributed by atoms with Crippen LogP contribution in [0.3, 0.4) is 0 Å². The number of quaternary nitrogens is 1. The molecule has 1 aliphatic rings. The molecule has 1 fully saturated rings. The SMILES string of the molecule is O=C(c1ccco1)N(CC[NH+]1CCOCC1)c1nc2c(F)cccc2s1. The summed E-state index contributed by atoms with van der Waals surface area (Å²) < 4.78 is 25.4. The Bertz CT molecular complexity index is 890. The standard InChI is InChI=1S/C18H18FN3O3S/c19-13-3-1-5-15-16(13)20-18(26-15)22(17(23)14-4-2-10-25-14)7-6-21-8-11-24-12-9-21/h1-5,10H,6-9,11-12H2/p+1. The van der Waals surface area contributed by atoms with E-state index in [4.69, 9.17) is 9.15 Å². The fourth-order valence-electron chi connectivity index (χ4n) is 3.02. The third kappa shape index (κ3) is 3.48. The second-order valence-electron chi connectivity index (χ2n) is 6.13. The lowest BCUT2D eigenvalue weighted by atomic mass is 10.3. The van der Waals surface area contributed by atoms with Crippen LogP contribution in [0.25, 0.3) is 10.2 Å². The Morgan fingerprint density at radius 1 is 1.27 bits per heavy atom. The molecule has 0 spiro atoms. The average Bonchev–Trinajstić information content (AvgIpc) is 3.33. The number of ether oxygens (including phenoxy) is 1. The maximum absolute atomic E-state index is 14.0. The van der Waals surface area contributed by atoms with Crippen LogP contribution in [0, 0.1) is 5.82 Å². The first kappa shape index (κ1) is 17.1. The number of morpholine rings is 1. The van der Waals surface area contributed by atoms with Crippen molar-refractivity contribution < 1.29 is 23.2 Å². The number of halogens is 1. The topological polar surface area (TPSA) is 60.0 Å². The van der Waals surface area contributed by atoms with Crippen molar-refractivity contribution in [2.75, 3.05) is 44.3 Å². The van der Waals surface area contributed by atoms with Gasteiger partial charge in [0.25, 0.3) is 5.91 Å². The van der Waals surface area contributed by atoms with E-state index < -0.39 is 0 Å². The summed E-state index contributed by atoms with van der Waals surface area (Å²) in [7, 11) is 0. The first-order valence-corrected chi connectivity index (χ1v) is 9.36. The number of benzene rings is 1. The van der Waals surface area contributed by atoms with Crippen LogP contribution in [-0.4, -0.2) is 50.3 Å². The quantitative estimate of drug-likeness (QED) is 0.735. The van der Waals surface area contributed by atoms with E-state index in [1.807, 2.05) is 6.07 Å². The molecular formula is C18H19FN3O3S+. The van der Waals surface area contributed by atoms with Crippen molar-refractivity contribution >= 4 is 32.6 Å². The molecule has 1 amide bonds. The van der Waals surface area contributed by atoms with Gasteiger partial charge in [0.2, 0.25) is 0 Å². The number of hydrogen-bond acceptors (Lipinski definition) is 5. The third-order valence-electron chi connectivity index (χ3n) is 4.46. The zero-order valence-corrected chi connectivity index (χ0v) is 14.9. The number of para-hydroxylation sites is 1. The largest absolute Gasteiger partial charge is 0.459 e. The van der Waals surface area contributed by atoms with Gasteiger partial charge < -0.3 is 14.1 Å². The smallest absolute Gasteiger partial charge is 0.295 e. The Kier molecular flexibility index (Phi) is 4.96. The molecule has 2 aromatic heterocycles. The summed E-state index contributed by atoms with van der Waals surface area (Å²) in [4.78, 5) is 20.3. The molecule has 0 atom stereocenters. The molecule has 0 saturated carbocycles. The molecule has 8 heteroatoms. The molecular weight excluding hydrogens is 357 g/mol. The van der Waals surface area contributed by atoms with Gasteiger partial charge in [-0.15, -0.1) is 0 Å². The predicted molar refractivity (Wildman–Crippen MR) is 96.3 cm³/mol. The number of carbonyl (C=O) groups is 1. The van der Waals surface area contributed by atoms with Crippen LogP contribution in [0.4, 0.5) is 9.52 Å². The highest BCUT2D eigenvalue weighted by atomic mass is 32.1. The van der Waals surface area contributed by atoms with Crippen molar-refractivity contribution in [1.82, 2.24) is 4.98 Å². The van der Waals surface area contributed by atoms with Crippen LogP contribution < -0.4 is 9.80 Å².